The molecule has 0 amide bonds. The lowest BCUT2D eigenvalue weighted by Crippen LogP contribution is -2.35. The molecule has 3 heterocycles. The smallest absolute Gasteiger partial charge is 0.227 e. The normalized spacial score (nSPS) is 14.6. The van der Waals surface area contributed by atoms with E-state index in [1.54, 1.807) is 11.3 Å². The monoisotopic (exact) mass is 495 g/mol. The molecule has 2 aromatic heterocycles. The molecule has 1 aliphatic heterocycles. The number of morpholine rings is 1. The first-order chi connectivity index (χ1) is 16.6. The van der Waals surface area contributed by atoms with Gasteiger partial charge in [-0.05, 0) is 34.9 Å². The number of ether oxygens (including phenoxy) is 1. The second-order valence-electron chi connectivity index (χ2n) is 8.06. The van der Waals surface area contributed by atoms with Crippen LogP contribution >= 0.6 is 11.3 Å². The molecule has 0 aliphatic carbocycles. The predicted molar refractivity (Wildman–Crippen MR) is 136 cm³/mol. The summed E-state index contributed by atoms with van der Waals surface area (Å²) in [6.07, 6.45) is 1.83. The van der Waals surface area contributed by atoms with Crippen LogP contribution in [0.3, 0.4) is 0 Å². The van der Waals surface area contributed by atoms with E-state index in [1.165, 1.54) is 5.56 Å². The summed E-state index contributed by atoms with van der Waals surface area (Å²) >= 11 is 1.59. The Morgan fingerprint density at radius 3 is 2.68 bits per heavy atom. The van der Waals surface area contributed by atoms with E-state index in [4.69, 9.17) is 9.72 Å². The second kappa shape index (κ2) is 10.6. The van der Waals surface area contributed by atoms with Gasteiger partial charge in [-0.15, -0.1) is 11.3 Å². The number of benzene rings is 2. The number of nitrogens with one attached hydrogen (secondary N) is 2. The minimum Gasteiger partial charge on any atom is -0.379 e. The molecule has 1 aliphatic rings. The Morgan fingerprint density at radius 1 is 1.06 bits per heavy atom. The van der Waals surface area contributed by atoms with Gasteiger partial charge in [0.25, 0.3) is 0 Å². The van der Waals surface area contributed by atoms with Gasteiger partial charge in [-0.25, -0.2) is 23.1 Å². The molecule has 0 unspecified atom stereocenters. The summed E-state index contributed by atoms with van der Waals surface area (Å²) in [4.78, 5) is 11.7. The first-order valence-corrected chi connectivity index (χ1v) is 13.1. The Labute approximate surface area is 203 Å². The van der Waals surface area contributed by atoms with Crippen LogP contribution in [0.1, 0.15) is 11.1 Å². The van der Waals surface area contributed by atoms with Crippen LogP contribution in [-0.4, -0.2) is 49.6 Å². The summed E-state index contributed by atoms with van der Waals surface area (Å²) < 4.78 is 30.6. The molecule has 34 heavy (non-hydrogen) atoms. The molecule has 1 saturated heterocycles. The molecular weight excluding hydrogens is 470 g/mol. The van der Waals surface area contributed by atoms with Crippen molar-refractivity contribution in [3.8, 4) is 11.1 Å². The fourth-order valence-corrected chi connectivity index (χ4v) is 5.12. The van der Waals surface area contributed by atoms with Crippen LogP contribution in [0.2, 0.25) is 0 Å². The Hall–Kier alpha value is -2.89. The number of hydrogen-bond donors (Lipinski definition) is 3. The molecule has 0 spiro atoms. The zero-order valence-electron chi connectivity index (χ0n) is 18.4. The van der Waals surface area contributed by atoms with Crippen molar-refractivity contribution in [3.05, 3.63) is 71.2 Å². The van der Waals surface area contributed by atoms with E-state index in [0.29, 0.717) is 5.95 Å². The van der Waals surface area contributed by atoms with Gasteiger partial charge >= 0.3 is 0 Å². The molecule has 5 rings (SSSR count). The standard InChI is InChI=1S/C24H25N5O3S2/c30-34(31)26-13-18-2-1-3-19(12-18)21-16-33-22-14-25-24(28-23(21)22)27-20-6-4-17(5-7-20)15-29-8-10-32-11-9-29/h1-7,12,14,16,34H,8-11,13,15H2,(H,25,27,28)(H,26,30,31). The number of rotatable bonds is 8. The lowest BCUT2D eigenvalue weighted by Gasteiger charge is -2.26. The Kier molecular flexibility index (Phi) is 7.12. The number of aromatic nitrogens is 2. The van der Waals surface area contributed by atoms with Crippen molar-refractivity contribution in [2.75, 3.05) is 31.6 Å². The average Bonchev–Trinajstić information content (AvgIpc) is 3.28. The van der Waals surface area contributed by atoms with Crippen LogP contribution in [0.5, 0.6) is 0 Å². The highest BCUT2D eigenvalue weighted by molar-refractivity contribution is 7.70. The van der Waals surface area contributed by atoms with Gasteiger partial charge in [-0.1, -0.05) is 30.3 Å². The summed E-state index contributed by atoms with van der Waals surface area (Å²) in [6.45, 7) is 4.71. The lowest BCUT2D eigenvalue weighted by atomic mass is 10.0. The van der Waals surface area contributed by atoms with E-state index >= 15 is 0 Å². The first-order valence-electron chi connectivity index (χ1n) is 11.0. The van der Waals surface area contributed by atoms with Crippen molar-refractivity contribution in [2.45, 2.75) is 13.1 Å². The predicted octanol–water partition coefficient (Wildman–Crippen LogP) is 3.55. The van der Waals surface area contributed by atoms with Crippen LogP contribution < -0.4 is 10.0 Å². The summed E-state index contributed by atoms with van der Waals surface area (Å²) in [5, 5.41) is 5.37. The summed E-state index contributed by atoms with van der Waals surface area (Å²) in [5.74, 6) is 0.536. The fourth-order valence-electron chi connectivity index (χ4n) is 3.94. The van der Waals surface area contributed by atoms with Crippen molar-refractivity contribution in [3.63, 3.8) is 0 Å². The zero-order chi connectivity index (χ0) is 23.3. The van der Waals surface area contributed by atoms with Crippen molar-refractivity contribution in [1.82, 2.24) is 19.6 Å². The highest BCUT2D eigenvalue weighted by atomic mass is 32.2. The first kappa shape index (κ1) is 22.9. The third kappa shape index (κ3) is 5.60. The van der Waals surface area contributed by atoms with Crippen molar-refractivity contribution >= 4 is 44.1 Å². The number of hydrogen-bond acceptors (Lipinski definition) is 8. The highest BCUT2D eigenvalue weighted by Gasteiger charge is 2.12. The van der Waals surface area contributed by atoms with Crippen molar-refractivity contribution in [1.29, 1.82) is 0 Å². The summed E-state index contributed by atoms with van der Waals surface area (Å²) in [5.41, 5.74) is 5.94. The van der Waals surface area contributed by atoms with E-state index in [0.717, 1.165) is 65.4 Å². The average molecular weight is 496 g/mol. The van der Waals surface area contributed by atoms with E-state index in [-0.39, 0.29) is 6.54 Å². The maximum absolute atomic E-state index is 10.9. The van der Waals surface area contributed by atoms with Crippen LogP contribution in [0.4, 0.5) is 11.6 Å². The Morgan fingerprint density at radius 2 is 1.88 bits per heavy atom. The van der Waals surface area contributed by atoms with Gasteiger partial charge in [-0.3, -0.25) is 4.90 Å². The summed E-state index contributed by atoms with van der Waals surface area (Å²) in [7, 11) is -2.63. The molecule has 4 aromatic rings. The molecule has 0 atom stereocenters. The molecule has 0 bridgehead atoms. The topological polar surface area (TPSA) is 96.5 Å². The van der Waals surface area contributed by atoms with E-state index < -0.39 is 10.9 Å². The van der Waals surface area contributed by atoms with Gasteiger partial charge in [0.15, 0.2) is 0 Å². The number of thiol groups is 1. The molecule has 0 radical (unpaired) electrons. The number of nitrogens with zero attached hydrogens (tertiary/aromatic N) is 3. The molecule has 1 fully saturated rings. The van der Waals surface area contributed by atoms with Gasteiger partial charge < -0.3 is 10.1 Å². The number of thiophene rings is 1. The van der Waals surface area contributed by atoms with Crippen molar-refractivity contribution < 1.29 is 13.2 Å². The van der Waals surface area contributed by atoms with E-state index in [2.05, 4.69) is 49.6 Å². The quantitative estimate of drug-likeness (QED) is 0.322. The zero-order valence-corrected chi connectivity index (χ0v) is 20.1. The maximum atomic E-state index is 10.9. The van der Waals surface area contributed by atoms with E-state index in [1.807, 2.05) is 30.5 Å². The van der Waals surface area contributed by atoms with Crippen LogP contribution in [0.15, 0.2) is 60.1 Å². The molecule has 0 saturated carbocycles. The Bertz CT molecular complexity index is 1340. The van der Waals surface area contributed by atoms with Gasteiger partial charge in [0.2, 0.25) is 16.8 Å². The molecule has 8 nitrogen and oxygen atoms in total. The highest BCUT2D eigenvalue weighted by Crippen LogP contribution is 2.33. The summed E-state index contributed by atoms with van der Waals surface area (Å²) in [6, 6.07) is 16.2. The molecule has 2 N–H and O–H groups in total. The lowest BCUT2D eigenvalue weighted by molar-refractivity contribution is 0.0342. The molecule has 10 heteroatoms. The van der Waals surface area contributed by atoms with Gasteiger partial charge in [0.1, 0.15) is 0 Å². The van der Waals surface area contributed by atoms with Gasteiger partial charge in [0.05, 0.1) is 29.6 Å². The third-order valence-electron chi connectivity index (χ3n) is 5.68. The fraction of sp³-hybridized carbons (Fsp3) is 0.250. The van der Waals surface area contributed by atoms with Gasteiger partial charge in [0, 0.05) is 42.8 Å². The minimum atomic E-state index is -2.63. The minimum absolute atomic E-state index is 0.262. The molecular formula is C24H25N5O3S2. The van der Waals surface area contributed by atoms with Gasteiger partial charge in [-0.2, -0.15) is 0 Å². The number of anilines is 2. The van der Waals surface area contributed by atoms with Crippen LogP contribution in [0, 0.1) is 0 Å². The molecule has 176 valence electrons. The van der Waals surface area contributed by atoms with Crippen LogP contribution in [0.25, 0.3) is 21.3 Å². The largest absolute Gasteiger partial charge is 0.379 e. The van der Waals surface area contributed by atoms with Crippen molar-refractivity contribution in [2.24, 2.45) is 0 Å². The number of fused-ring (bicyclic) bond motifs is 1. The SMILES string of the molecule is O=[SH](=O)NCc1cccc(-c2csc3cnc(Nc4ccc(CN5CCOCC5)cc4)nc23)c1. The second-order valence-corrected chi connectivity index (χ2v) is 9.80. The Balaban J connectivity index is 1.32. The maximum Gasteiger partial charge on any atom is 0.227 e. The van der Waals surface area contributed by atoms with E-state index in [9.17, 15) is 8.42 Å². The third-order valence-corrected chi connectivity index (χ3v) is 7.01. The van der Waals surface area contributed by atoms with Crippen LogP contribution in [-0.2, 0) is 28.7 Å². The molecule has 2 aromatic carbocycles.